The average molecular weight is 230 g/mol. The zero-order valence-electron chi connectivity index (χ0n) is 6.27. The molecule has 62 valence electrons. The molecular formula is C8H5BrFNO. The zero-order valence-corrected chi connectivity index (χ0v) is 7.85. The van der Waals surface area contributed by atoms with Crippen molar-refractivity contribution in [3.63, 3.8) is 0 Å². The fraction of sp³-hybridized carbons (Fsp3) is 0.125. The Hall–Kier alpha value is -1.08. The minimum Gasteiger partial charge on any atom is -0.492 e. The van der Waals surface area contributed by atoms with E-state index in [0.717, 1.165) is 0 Å². The van der Waals surface area contributed by atoms with Crippen LogP contribution in [-0.4, -0.2) is 7.11 Å². The van der Waals surface area contributed by atoms with Gasteiger partial charge in [0.2, 0.25) is 0 Å². The summed E-state index contributed by atoms with van der Waals surface area (Å²) >= 11 is 3.10. The first-order valence-electron chi connectivity index (χ1n) is 3.12. The standard InChI is InChI=1S/C8H5BrFNO/c1-12-8-6(9)3-2-5(4-11)7(8)10/h2-3H,1H3. The van der Waals surface area contributed by atoms with Gasteiger partial charge in [0, 0.05) is 0 Å². The molecular weight excluding hydrogens is 225 g/mol. The smallest absolute Gasteiger partial charge is 0.183 e. The molecule has 0 heterocycles. The van der Waals surface area contributed by atoms with Gasteiger partial charge in [-0.05, 0) is 28.1 Å². The van der Waals surface area contributed by atoms with Crippen molar-refractivity contribution in [2.75, 3.05) is 7.11 Å². The number of nitriles is 1. The second-order valence-corrected chi connectivity index (χ2v) is 2.91. The predicted molar refractivity (Wildman–Crippen MR) is 45.4 cm³/mol. The molecule has 0 N–H and O–H groups in total. The van der Waals surface area contributed by atoms with Gasteiger partial charge in [-0.2, -0.15) is 5.26 Å². The van der Waals surface area contributed by atoms with E-state index in [9.17, 15) is 4.39 Å². The van der Waals surface area contributed by atoms with Crippen LogP contribution in [0.5, 0.6) is 5.75 Å². The highest BCUT2D eigenvalue weighted by molar-refractivity contribution is 9.10. The van der Waals surface area contributed by atoms with Crippen LogP contribution in [0, 0.1) is 17.1 Å². The summed E-state index contributed by atoms with van der Waals surface area (Å²) in [5.41, 5.74) is -0.0185. The minimum atomic E-state index is -0.630. The fourth-order valence-corrected chi connectivity index (χ4v) is 1.27. The van der Waals surface area contributed by atoms with Crippen molar-refractivity contribution in [1.29, 1.82) is 5.26 Å². The monoisotopic (exact) mass is 229 g/mol. The second kappa shape index (κ2) is 3.55. The first-order chi connectivity index (χ1) is 5.70. The number of nitrogens with zero attached hydrogens (tertiary/aromatic N) is 1. The van der Waals surface area contributed by atoms with E-state index >= 15 is 0 Å². The Morgan fingerprint density at radius 3 is 2.75 bits per heavy atom. The lowest BCUT2D eigenvalue weighted by Gasteiger charge is -2.04. The molecule has 0 radical (unpaired) electrons. The van der Waals surface area contributed by atoms with Crippen LogP contribution in [0.15, 0.2) is 16.6 Å². The molecule has 12 heavy (non-hydrogen) atoms. The second-order valence-electron chi connectivity index (χ2n) is 2.05. The van der Waals surface area contributed by atoms with Crippen LogP contribution in [0.1, 0.15) is 5.56 Å². The van der Waals surface area contributed by atoms with E-state index in [4.69, 9.17) is 10.00 Å². The summed E-state index contributed by atoms with van der Waals surface area (Å²) in [7, 11) is 1.35. The van der Waals surface area contributed by atoms with Crippen molar-refractivity contribution in [3.8, 4) is 11.8 Å². The highest BCUT2D eigenvalue weighted by atomic mass is 79.9. The third-order valence-corrected chi connectivity index (χ3v) is 2.00. The van der Waals surface area contributed by atoms with Crippen LogP contribution >= 0.6 is 15.9 Å². The average Bonchev–Trinajstić information content (AvgIpc) is 2.06. The first-order valence-corrected chi connectivity index (χ1v) is 3.92. The summed E-state index contributed by atoms with van der Waals surface area (Å²) in [5, 5.41) is 8.47. The van der Waals surface area contributed by atoms with Crippen molar-refractivity contribution in [2.45, 2.75) is 0 Å². The van der Waals surface area contributed by atoms with Gasteiger partial charge in [-0.1, -0.05) is 0 Å². The first kappa shape index (κ1) is 9.01. The Kier molecular flexibility index (Phi) is 2.66. The summed E-state index contributed by atoms with van der Waals surface area (Å²) in [6.07, 6.45) is 0. The molecule has 1 aromatic carbocycles. The largest absolute Gasteiger partial charge is 0.492 e. The number of benzene rings is 1. The van der Waals surface area contributed by atoms with Crippen molar-refractivity contribution in [1.82, 2.24) is 0 Å². The van der Waals surface area contributed by atoms with Gasteiger partial charge < -0.3 is 4.74 Å². The quantitative estimate of drug-likeness (QED) is 0.742. The van der Waals surface area contributed by atoms with Gasteiger partial charge in [-0.25, -0.2) is 4.39 Å². The Morgan fingerprint density at radius 2 is 2.25 bits per heavy atom. The van der Waals surface area contributed by atoms with Gasteiger partial charge in [0.15, 0.2) is 11.6 Å². The highest BCUT2D eigenvalue weighted by Gasteiger charge is 2.11. The third-order valence-electron chi connectivity index (χ3n) is 1.37. The SMILES string of the molecule is COc1c(Br)ccc(C#N)c1F. The number of methoxy groups -OCH3 is 1. The van der Waals surface area contributed by atoms with Crippen LogP contribution in [0.25, 0.3) is 0 Å². The lowest BCUT2D eigenvalue weighted by atomic mass is 10.2. The van der Waals surface area contributed by atoms with Crippen molar-refractivity contribution < 1.29 is 9.13 Å². The molecule has 0 amide bonds. The summed E-state index contributed by atoms with van der Waals surface area (Å²) in [5.74, 6) is -0.566. The molecule has 2 nitrogen and oxygen atoms in total. The molecule has 0 unspecified atom stereocenters. The van der Waals surface area contributed by atoms with Crippen molar-refractivity contribution >= 4 is 15.9 Å². The molecule has 0 aliphatic rings. The molecule has 0 aromatic heterocycles. The van der Waals surface area contributed by atoms with Crippen LogP contribution in [-0.2, 0) is 0 Å². The molecule has 4 heteroatoms. The molecule has 0 atom stereocenters. The maximum absolute atomic E-state index is 13.2. The van der Waals surface area contributed by atoms with Crippen LogP contribution in [0.2, 0.25) is 0 Å². The Balaban J connectivity index is 3.36. The Bertz CT molecular complexity index is 346. The minimum absolute atomic E-state index is 0.0185. The van der Waals surface area contributed by atoms with Gasteiger partial charge in [0.1, 0.15) is 6.07 Å². The maximum atomic E-state index is 13.2. The maximum Gasteiger partial charge on any atom is 0.183 e. The van der Waals surface area contributed by atoms with E-state index in [1.54, 1.807) is 12.1 Å². The van der Waals surface area contributed by atoms with Crippen LogP contribution in [0.3, 0.4) is 0 Å². The van der Waals surface area contributed by atoms with E-state index in [1.807, 2.05) is 0 Å². The molecule has 0 aliphatic heterocycles. The number of hydrogen-bond acceptors (Lipinski definition) is 2. The van der Waals surface area contributed by atoms with Gasteiger partial charge in [0.25, 0.3) is 0 Å². The van der Waals surface area contributed by atoms with Crippen molar-refractivity contribution in [2.24, 2.45) is 0 Å². The van der Waals surface area contributed by atoms with E-state index in [0.29, 0.717) is 4.47 Å². The Labute approximate surface area is 77.7 Å². The topological polar surface area (TPSA) is 33.0 Å². The Morgan fingerprint density at radius 1 is 1.58 bits per heavy atom. The van der Waals surface area contributed by atoms with E-state index in [-0.39, 0.29) is 11.3 Å². The van der Waals surface area contributed by atoms with Gasteiger partial charge in [0.05, 0.1) is 17.1 Å². The van der Waals surface area contributed by atoms with Gasteiger partial charge >= 0.3 is 0 Å². The molecule has 0 saturated carbocycles. The number of rotatable bonds is 1. The molecule has 0 bridgehead atoms. The van der Waals surface area contributed by atoms with Gasteiger partial charge in [-0.3, -0.25) is 0 Å². The lowest BCUT2D eigenvalue weighted by Crippen LogP contribution is -1.92. The summed E-state index contributed by atoms with van der Waals surface area (Å²) in [6, 6.07) is 4.68. The third kappa shape index (κ3) is 1.41. The number of halogens is 2. The van der Waals surface area contributed by atoms with Gasteiger partial charge in [-0.15, -0.1) is 0 Å². The van der Waals surface area contributed by atoms with E-state index in [1.165, 1.54) is 13.2 Å². The lowest BCUT2D eigenvalue weighted by molar-refractivity contribution is 0.383. The van der Waals surface area contributed by atoms with Crippen LogP contribution < -0.4 is 4.74 Å². The summed E-state index contributed by atoms with van der Waals surface area (Å²) in [6.45, 7) is 0. The molecule has 0 aliphatic carbocycles. The summed E-state index contributed by atoms with van der Waals surface area (Å²) < 4.78 is 18.4. The molecule has 0 saturated heterocycles. The molecule has 0 fully saturated rings. The number of hydrogen-bond donors (Lipinski definition) is 0. The van der Waals surface area contributed by atoms with E-state index in [2.05, 4.69) is 15.9 Å². The molecule has 1 aromatic rings. The zero-order chi connectivity index (χ0) is 9.14. The molecule has 0 spiro atoms. The molecule has 1 rings (SSSR count). The van der Waals surface area contributed by atoms with E-state index < -0.39 is 5.82 Å². The number of ether oxygens (including phenoxy) is 1. The summed E-state index contributed by atoms with van der Waals surface area (Å²) in [4.78, 5) is 0. The fourth-order valence-electron chi connectivity index (χ4n) is 0.806. The van der Waals surface area contributed by atoms with Crippen LogP contribution in [0.4, 0.5) is 4.39 Å². The predicted octanol–water partition coefficient (Wildman–Crippen LogP) is 2.47. The van der Waals surface area contributed by atoms with Crippen molar-refractivity contribution in [3.05, 3.63) is 28.0 Å². The highest BCUT2D eigenvalue weighted by Crippen LogP contribution is 2.29. The normalized spacial score (nSPS) is 9.17.